The van der Waals surface area contributed by atoms with E-state index in [1.807, 2.05) is 12.1 Å². The van der Waals surface area contributed by atoms with E-state index in [0.29, 0.717) is 34.4 Å². The van der Waals surface area contributed by atoms with Crippen LogP contribution >= 0.6 is 22.9 Å². The van der Waals surface area contributed by atoms with Gasteiger partial charge in [-0.3, -0.25) is 9.69 Å². The monoisotopic (exact) mass is 490 g/mol. The van der Waals surface area contributed by atoms with Crippen LogP contribution in [0, 0.1) is 0 Å². The van der Waals surface area contributed by atoms with E-state index in [4.69, 9.17) is 30.8 Å². The Hall–Kier alpha value is -2.75. The van der Waals surface area contributed by atoms with E-state index >= 15 is 0 Å². The van der Waals surface area contributed by atoms with Crippen molar-refractivity contribution in [3.05, 3.63) is 40.9 Å². The lowest BCUT2D eigenvalue weighted by Gasteiger charge is -2.34. The van der Waals surface area contributed by atoms with E-state index in [9.17, 15) is 4.79 Å². The quantitative estimate of drug-likeness (QED) is 0.517. The summed E-state index contributed by atoms with van der Waals surface area (Å²) >= 11 is 7.94. The minimum absolute atomic E-state index is 0.181. The van der Waals surface area contributed by atoms with Crippen LogP contribution in [-0.4, -0.2) is 76.4 Å². The van der Waals surface area contributed by atoms with E-state index in [1.165, 1.54) is 21.3 Å². The number of aromatic nitrogens is 1. The highest BCUT2D eigenvalue weighted by Crippen LogP contribution is 2.38. The molecule has 176 valence electrons. The zero-order valence-corrected chi connectivity index (χ0v) is 20.5. The van der Waals surface area contributed by atoms with Crippen molar-refractivity contribution >= 4 is 44.2 Å². The van der Waals surface area contributed by atoms with Gasteiger partial charge in [0.05, 0.1) is 31.1 Å². The zero-order valence-electron chi connectivity index (χ0n) is 18.9. The van der Waals surface area contributed by atoms with Crippen molar-refractivity contribution in [1.82, 2.24) is 15.2 Å². The number of hydrogen-bond donors (Lipinski definition) is 1. The summed E-state index contributed by atoms with van der Waals surface area (Å²) in [5.74, 6) is 1.19. The van der Waals surface area contributed by atoms with Crippen LogP contribution in [0.4, 0.5) is 5.13 Å². The molecule has 0 bridgehead atoms. The first-order valence-electron chi connectivity index (χ1n) is 10.6. The molecule has 0 radical (unpaired) electrons. The molecule has 1 aliphatic rings. The predicted octanol–water partition coefficient (Wildman–Crippen LogP) is 3.53. The van der Waals surface area contributed by atoms with E-state index in [0.717, 1.165) is 48.1 Å². The fourth-order valence-corrected chi connectivity index (χ4v) is 5.16. The molecule has 0 atom stereocenters. The van der Waals surface area contributed by atoms with E-state index in [2.05, 4.69) is 21.2 Å². The Morgan fingerprint density at radius 1 is 1.09 bits per heavy atom. The number of carbonyl (C=O) groups is 1. The third-order valence-electron chi connectivity index (χ3n) is 5.64. The van der Waals surface area contributed by atoms with Crippen molar-refractivity contribution < 1.29 is 19.0 Å². The van der Waals surface area contributed by atoms with Gasteiger partial charge in [0, 0.05) is 44.8 Å². The van der Waals surface area contributed by atoms with Gasteiger partial charge < -0.3 is 24.4 Å². The van der Waals surface area contributed by atoms with Crippen LogP contribution in [0.3, 0.4) is 0 Å². The summed E-state index contributed by atoms with van der Waals surface area (Å²) in [6, 6.07) is 9.18. The highest BCUT2D eigenvalue weighted by Gasteiger charge is 2.21. The molecule has 0 unspecified atom stereocenters. The largest absolute Gasteiger partial charge is 0.493 e. The van der Waals surface area contributed by atoms with Crippen LogP contribution in [0.1, 0.15) is 10.4 Å². The first-order valence-corrected chi connectivity index (χ1v) is 11.8. The average molecular weight is 491 g/mol. The third-order valence-corrected chi connectivity index (χ3v) is 7.03. The number of ether oxygens (including phenoxy) is 3. The molecule has 1 aliphatic heterocycles. The number of methoxy groups -OCH3 is 3. The Morgan fingerprint density at radius 3 is 2.39 bits per heavy atom. The van der Waals surface area contributed by atoms with Gasteiger partial charge in [0.2, 0.25) is 5.75 Å². The number of carbonyl (C=O) groups excluding carboxylic acids is 1. The molecular weight excluding hydrogens is 464 g/mol. The number of hydrogen-bond acceptors (Lipinski definition) is 8. The normalized spacial score (nSPS) is 14.4. The Bertz CT molecular complexity index is 1110. The minimum Gasteiger partial charge on any atom is -0.493 e. The molecule has 10 heteroatoms. The second-order valence-corrected chi connectivity index (χ2v) is 9.00. The summed E-state index contributed by atoms with van der Waals surface area (Å²) in [6.45, 7) is 4.91. The van der Waals surface area contributed by atoms with E-state index in [1.54, 1.807) is 23.5 Å². The molecule has 0 aliphatic carbocycles. The Morgan fingerprint density at radius 2 is 1.79 bits per heavy atom. The fourth-order valence-electron chi connectivity index (χ4n) is 3.84. The first kappa shape index (κ1) is 23.4. The van der Waals surface area contributed by atoms with Gasteiger partial charge >= 0.3 is 0 Å². The van der Waals surface area contributed by atoms with Gasteiger partial charge in [-0.05, 0) is 24.3 Å². The van der Waals surface area contributed by atoms with Crippen molar-refractivity contribution in [2.75, 3.05) is 65.5 Å². The smallest absolute Gasteiger partial charge is 0.251 e. The molecule has 0 spiro atoms. The molecule has 3 aromatic rings. The van der Waals surface area contributed by atoms with Crippen LogP contribution in [0.15, 0.2) is 30.3 Å². The van der Waals surface area contributed by atoms with Gasteiger partial charge in [-0.25, -0.2) is 4.98 Å². The molecule has 8 nitrogen and oxygen atoms in total. The first-order chi connectivity index (χ1) is 16.0. The van der Waals surface area contributed by atoms with Crippen LogP contribution in [0.2, 0.25) is 5.02 Å². The van der Waals surface area contributed by atoms with Gasteiger partial charge in [0.25, 0.3) is 5.91 Å². The molecule has 1 saturated heterocycles. The van der Waals surface area contributed by atoms with Crippen molar-refractivity contribution in [3.63, 3.8) is 0 Å². The van der Waals surface area contributed by atoms with Crippen molar-refractivity contribution in [1.29, 1.82) is 0 Å². The lowest BCUT2D eigenvalue weighted by Crippen LogP contribution is -2.48. The number of amides is 1. The number of benzene rings is 2. The molecule has 1 N–H and O–H groups in total. The summed E-state index contributed by atoms with van der Waals surface area (Å²) in [6.07, 6.45) is 0. The second kappa shape index (κ2) is 10.5. The number of anilines is 1. The third kappa shape index (κ3) is 5.10. The summed E-state index contributed by atoms with van der Waals surface area (Å²) in [4.78, 5) is 22.0. The maximum absolute atomic E-state index is 12.7. The average Bonchev–Trinajstić information content (AvgIpc) is 3.29. The number of rotatable bonds is 8. The Kier molecular flexibility index (Phi) is 7.42. The predicted molar refractivity (Wildman–Crippen MR) is 132 cm³/mol. The summed E-state index contributed by atoms with van der Waals surface area (Å²) in [5, 5.41) is 4.68. The maximum Gasteiger partial charge on any atom is 0.251 e. The number of nitrogens with one attached hydrogen (secondary N) is 1. The summed E-state index contributed by atoms with van der Waals surface area (Å²) in [5.41, 5.74) is 1.33. The second-order valence-electron chi connectivity index (χ2n) is 7.58. The Labute approximate surface area is 202 Å². The van der Waals surface area contributed by atoms with Gasteiger partial charge in [-0.2, -0.15) is 0 Å². The highest BCUT2D eigenvalue weighted by molar-refractivity contribution is 7.22. The number of nitrogens with zero attached hydrogens (tertiary/aromatic N) is 3. The number of halogens is 1. The molecule has 1 fully saturated rings. The number of thiazole rings is 1. The Balaban J connectivity index is 1.29. The van der Waals surface area contributed by atoms with Crippen LogP contribution in [0.25, 0.3) is 10.2 Å². The van der Waals surface area contributed by atoms with E-state index in [-0.39, 0.29) is 5.91 Å². The molecule has 0 saturated carbocycles. The molecule has 2 heterocycles. The highest BCUT2D eigenvalue weighted by atomic mass is 35.5. The fraction of sp³-hybridized carbons (Fsp3) is 0.391. The lowest BCUT2D eigenvalue weighted by molar-refractivity contribution is 0.0947. The van der Waals surface area contributed by atoms with Crippen LogP contribution < -0.4 is 24.4 Å². The van der Waals surface area contributed by atoms with E-state index < -0.39 is 0 Å². The SMILES string of the molecule is COc1cc(C(=O)NCCN2CCN(c3nc4c(Cl)cccc4s3)CC2)cc(OC)c1OC. The summed E-state index contributed by atoms with van der Waals surface area (Å²) in [7, 11) is 4.59. The molecule has 33 heavy (non-hydrogen) atoms. The minimum atomic E-state index is -0.181. The van der Waals surface area contributed by atoms with Crippen molar-refractivity contribution in [2.45, 2.75) is 0 Å². The standard InChI is InChI=1S/C23H27ClN4O4S/c1-30-17-13-15(14-18(31-2)21(17)32-3)22(29)25-7-8-27-9-11-28(12-10-27)23-26-20-16(24)5-4-6-19(20)33-23/h4-6,13-14H,7-12H2,1-3H3,(H,25,29). The van der Waals surface area contributed by atoms with Crippen LogP contribution in [0.5, 0.6) is 17.2 Å². The van der Waals surface area contributed by atoms with Crippen molar-refractivity contribution in [3.8, 4) is 17.2 Å². The topological polar surface area (TPSA) is 76.2 Å². The van der Waals surface area contributed by atoms with Crippen molar-refractivity contribution in [2.24, 2.45) is 0 Å². The molecule has 1 amide bonds. The zero-order chi connectivity index (χ0) is 23.4. The lowest BCUT2D eigenvalue weighted by atomic mass is 10.1. The molecule has 2 aromatic carbocycles. The van der Waals surface area contributed by atoms with Crippen LogP contribution in [-0.2, 0) is 0 Å². The molecule has 4 rings (SSSR count). The van der Waals surface area contributed by atoms with Gasteiger partial charge in [0.15, 0.2) is 16.6 Å². The number of fused-ring (bicyclic) bond motifs is 1. The molecule has 1 aromatic heterocycles. The van der Waals surface area contributed by atoms with Gasteiger partial charge in [-0.15, -0.1) is 0 Å². The number of piperazine rings is 1. The summed E-state index contributed by atoms with van der Waals surface area (Å²) < 4.78 is 17.1. The number of para-hydroxylation sites is 1. The maximum atomic E-state index is 12.7. The van der Waals surface area contributed by atoms with Gasteiger partial charge in [-0.1, -0.05) is 29.0 Å². The van der Waals surface area contributed by atoms with Gasteiger partial charge in [0.1, 0.15) is 5.52 Å². The molecular formula is C23H27ClN4O4S.